The zero-order valence-corrected chi connectivity index (χ0v) is 20.6. The van der Waals surface area contributed by atoms with Crippen LogP contribution in [-0.2, 0) is 10.0 Å². The van der Waals surface area contributed by atoms with Crippen molar-refractivity contribution in [1.29, 1.82) is 0 Å². The molecule has 0 aliphatic carbocycles. The number of likely N-dealkylation sites (tertiary alicyclic amines) is 1. The van der Waals surface area contributed by atoms with Crippen LogP contribution < -0.4 is 9.46 Å². The molecule has 5 rings (SSSR count). The second-order valence-corrected chi connectivity index (χ2v) is 10.9. The minimum absolute atomic E-state index is 0.0504. The zero-order chi connectivity index (χ0) is 27.1. The lowest BCUT2D eigenvalue weighted by Gasteiger charge is -2.46. The normalized spacial score (nSPS) is 22.4. The van der Waals surface area contributed by atoms with Gasteiger partial charge in [-0.3, -0.25) is 9.62 Å². The maximum absolute atomic E-state index is 15.3. The van der Waals surface area contributed by atoms with Crippen LogP contribution in [0.3, 0.4) is 0 Å². The predicted octanol–water partition coefficient (Wildman–Crippen LogP) is 5.39. The first-order chi connectivity index (χ1) is 18.0. The van der Waals surface area contributed by atoms with Crippen LogP contribution in [-0.4, -0.2) is 42.6 Å². The largest absolute Gasteiger partial charge is 0.493 e. The number of aromatic nitrogens is 2. The molecule has 2 aliphatic heterocycles. The Hall–Kier alpha value is -3.32. The monoisotopic (exact) mass is 554 g/mol. The number of piperidine rings is 1. The summed E-state index contributed by atoms with van der Waals surface area (Å²) < 4.78 is 103. The van der Waals surface area contributed by atoms with Crippen LogP contribution in [0.15, 0.2) is 59.9 Å². The van der Waals surface area contributed by atoms with E-state index in [1.54, 1.807) is 0 Å². The molecule has 13 heteroatoms. The van der Waals surface area contributed by atoms with E-state index >= 15 is 4.39 Å². The summed E-state index contributed by atoms with van der Waals surface area (Å²) in [6, 6.07) is 7.51. The lowest BCUT2D eigenvalue weighted by atomic mass is 9.84. The second-order valence-electron chi connectivity index (χ2n) is 9.24. The molecule has 0 radical (unpaired) electrons. The molecule has 0 bridgehead atoms. The van der Waals surface area contributed by atoms with Crippen LogP contribution in [0.2, 0.25) is 0 Å². The Kier molecular flexibility index (Phi) is 6.99. The van der Waals surface area contributed by atoms with Gasteiger partial charge in [0.15, 0.2) is 0 Å². The van der Waals surface area contributed by atoms with E-state index in [9.17, 15) is 26.0 Å². The van der Waals surface area contributed by atoms with Gasteiger partial charge in [-0.05, 0) is 49.2 Å². The van der Waals surface area contributed by atoms with Gasteiger partial charge in [0, 0.05) is 36.3 Å². The van der Waals surface area contributed by atoms with E-state index in [0.717, 1.165) is 18.5 Å². The van der Waals surface area contributed by atoms with Gasteiger partial charge in [-0.1, -0.05) is 12.1 Å². The number of sulfonamides is 1. The fourth-order valence-corrected chi connectivity index (χ4v) is 6.22. The van der Waals surface area contributed by atoms with Crippen molar-refractivity contribution in [3.05, 3.63) is 77.8 Å². The molecular weight excluding hydrogens is 531 g/mol. The molecule has 2 aromatic carbocycles. The summed E-state index contributed by atoms with van der Waals surface area (Å²) >= 11 is 0. The van der Waals surface area contributed by atoms with E-state index in [1.165, 1.54) is 36.5 Å². The van der Waals surface area contributed by atoms with Gasteiger partial charge in [-0.15, -0.1) is 0 Å². The summed E-state index contributed by atoms with van der Waals surface area (Å²) in [7, 11) is -4.37. The highest BCUT2D eigenvalue weighted by Gasteiger charge is 2.46. The lowest BCUT2D eigenvalue weighted by molar-refractivity contribution is -0.192. The summed E-state index contributed by atoms with van der Waals surface area (Å²) in [4.78, 5) is 8.68. The molecule has 202 valence electrons. The summed E-state index contributed by atoms with van der Waals surface area (Å²) in [5.74, 6) is -3.01. The number of benzene rings is 2. The first kappa shape index (κ1) is 26.3. The SMILES string of the molecule is O=S(=O)(Nc1ccncn1)c1cc2c(cc1F)[C@@H](N1CCC(C(F)(F)F)C[C@H]1c1ccc(F)cc1)CCO2. The molecule has 1 saturated heterocycles. The highest BCUT2D eigenvalue weighted by molar-refractivity contribution is 7.92. The van der Waals surface area contributed by atoms with E-state index in [-0.39, 0.29) is 37.6 Å². The molecule has 1 aromatic heterocycles. The molecule has 3 aromatic rings. The molecule has 0 amide bonds. The molecule has 1 unspecified atom stereocenters. The van der Waals surface area contributed by atoms with Crippen LogP contribution in [0.5, 0.6) is 5.75 Å². The van der Waals surface area contributed by atoms with E-state index in [4.69, 9.17) is 4.74 Å². The van der Waals surface area contributed by atoms with Crippen LogP contribution in [0.1, 0.15) is 42.5 Å². The van der Waals surface area contributed by atoms with Gasteiger partial charge in [-0.2, -0.15) is 13.2 Å². The molecule has 7 nitrogen and oxygen atoms in total. The average Bonchev–Trinajstić information content (AvgIpc) is 2.88. The van der Waals surface area contributed by atoms with Gasteiger partial charge in [0.25, 0.3) is 10.0 Å². The van der Waals surface area contributed by atoms with Gasteiger partial charge in [0.05, 0.1) is 12.5 Å². The van der Waals surface area contributed by atoms with Crippen molar-refractivity contribution in [3.63, 3.8) is 0 Å². The number of nitrogens with one attached hydrogen (secondary N) is 1. The Morgan fingerprint density at radius 3 is 2.47 bits per heavy atom. The summed E-state index contributed by atoms with van der Waals surface area (Å²) in [6.45, 7) is 0.213. The van der Waals surface area contributed by atoms with Gasteiger partial charge in [0.2, 0.25) is 0 Å². The number of nitrogens with zero attached hydrogens (tertiary/aromatic N) is 3. The number of halogens is 5. The van der Waals surface area contributed by atoms with Crippen molar-refractivity contribution in [1.82, 2.24) is 14.9 Å². The van der Waals surface area contributed by atoms with Gasteiger partial charge in [-0.25, -0.2) is 27.2 Å². The van der Waals surface area contributed by atoms with Crippen molar-refractivity contribution in [3.8, 4) is 5.75 Å². The quantitative estimate of drug-likeness (QED) is 0.426. The van der Waals surface area contributed by atoms with Crippen molar-refractivity contribution in [2.24, 2.45) is 5.92 Å². The number of rotatable bonds is 5. The fourth-order valence-electron chi connectivity index (χ4n) is 5.13. The standard InChI is InChI=1S/C25H23F5N4O3S/c26-17-3-1-15(2-4-17)21-11-16(25(28,29)30)6-9-34(21)20-7-10-37-22-13-23(19(27)12-18(20)22)38(35,36)33-24-5-8-31-14-32-24/h1-5,8,12-14,16,20-21H,6-7,9-11H2,(H,31,32,33)/t16?,20-,21-/m0/s1. The zero-order valence-electron chi connectivity index (χ0n) is 19.8. The number of hydrogen-bond donors (Lipinski definition) is 1. The number of fused-ring (bicyclic) bond motifs is 1. The topological polar surface area (TPSA) is 84.4 Å². The number of ether oxygens (including phenoxy) is 1. The molecule has 0 saturated carbocycles. The number of anilines is 1. The molecule has 1 N–H and O–H groups in total. The Morgan fingerprint density at radius 2 is 1.79 bits per heavy atom. The molecule has 3 heterocycles. The van der Waals surface area contributed by atoms with Crippen LogP contribution >= 0.6 is 0 Å². The smallest absolute Gasteiger partial charge is 0.391 e. The molecule has 0 spiro atoms. The lowest BCUT2D eigenvalue weighted by Crippen LogP contribution is -2.44. The molecule has 3 atom stereocenters. The summed E-state index contributed by atoms with van der Waals surface area (Å²) in [5.41, 5.74) is 0.856. The summed E-state index contributed by atoms with van der Waals surface area (Å²) in [5, 5.41) is 0. The van der Waals surface area contributed by atoms with Crippen molar-refractivity contribution < 1.29 is 35.1 Å². The Balaban J connectivity index is 1.49. The third-order valence-electron chi connectivity index (χ3n) is 6.94. The molecule has 2 aliphatic rings. The van der Waals surface area contributed by atoms with Crippen molar-refractivity contribution >= 4 is 15.8 Å². The third-order valence-corrected chi connectivity index (χ3v) is 8.31. The minimum atomic E-state index is -4.38. The van der Waals surface area contributed by atoms with Crippen LogP contribution in [0, 0.1) is 17.6 Å². The number of alkyl halides is 3. The first-order valence-electron chi connectivity index (χ1n) is 11.9. The van der Waals surface area contributed by atoms with Gasteiger partial charge in [0.1, 0.15) is 34.4 Å². The third kappa shape index (κ3) is 5.30. The Bertz CT molecular complexity index is 1400. The second kappa shape index (κ2) is 10.1. The maximum atomic E-state index is 15.3. The van der Waals surface area contributed by atoms with Gasteiger partial charge < -0.3 is 4.74 Å². The molecule has 38 heavy (non-hydrogen) atoms. The van der Waals surface area contributed by atoms with Crippen molar-refractivity contribution in [2.45, 2.75) is 42.4 Å². The van der Waals surface area contributed by atoms with E-state index in [0.29, 0.717) is 17.5 Å². The van der Waals surface area contributed by atoms with Crippen molar-refractivity contribution in [2.75, 3.05) is 17.9 Å². The maximum Gasteiger partial charge on any atom is 0.391 e. The fraction of sp³-hybridized carbons (Fsp3) is 0.360. The Morgan fingerprint density at radius 1 is 1.03 bits per heavy atom. The van der Waals surface area contributed by atoms with E-state index in [1.807, 2.05) is 4.90 Å². The molecule has 1 fully saturated rings. The Labute approximate surface area is 215 Å². The molecular formula is C25H23F5N4O3S. The minimum Gasteiger partial charge on any atom is -0.493 e. The van der Waals surface area contributed by atoms with Crippen LogP contribution in [0.25, 0.3) is 0 Å². The first-order valence-corrected chi connectivity index (χ1v) is 13.3. The highest BCUT2D eigenvalue weighted by Crippen LogP contribution is 2.48. The number of hydrogen-bond acceptors (Lipinski definition) is 6. The van der Waals surface area contributed by atoms with E-state index < -0.39 is 50.7 Å². The van der Waals surface area contributed by atoms with Crippen LogP contribution in [0.4, 0.5) is 27.8 Å². The average molecular weight is 555 g/mol. The van der Waals surface area contributed by atoms with Gasteiger partial charge >= 0.3 is 6.18 Å². The highest BCUT2D eigenvalue weighted by atomic mass is 32.2. The predicted molar refractivity (Wildman–Crippen MR) is 127 cm³/mol. The van der Waals surface area contributed by atoms with E-state index in [2.05, 4.69) is 14.7 Å². The summed E-state index contributed by atoms with van der Waals surface area (Å²) in [6.07, 6.45) is -1.96.